The highest BCUT2D eigenvalue weighted by Crippen LogP contribution is 2.24. The van der Waals surface area contributed by atoms with Gasteiger partial charge in [-0.15, -0.1) is 0 Å². The van der Waals surface area contributed by atoms with Crippen LogP contribution < -0.4 is 15.2 Å². The van der Waals surface area contributed by atoms with Crippen LogP contribution in [-0.4, -0.2) is 13.7 Å². The Balaban J connectivity index is 2.19. The van der Waals surface area contributed by atoms with Crippen LogP contribution in [0.4, 0.5) is 4.39 Å². The van der Waals surface area contributed by atoms with Crippen molar-refractivity contribution in [2.24, 2.45) is 5.73 Å². The van der Waals surface area contributed by atoms with E-state index in [0.29, 0.717) is 12.3 Å². The maximum absolute atomic E-state index is 13.1. The van der Waals surface area contributed by atoms with E-state index in [-0.39, 0.29) is 11.9 Å². The highest BCUT2D eigenvalue weighted by atomic mass is 19.1. The van der Waals surface area contributed by atoms with E-state index in [9.17, 15) is 4.39 Å². The number of ether oxygens (including phenoxy) is 2. The lowest BCUT2D eigenvalue weighted by Gasteiger charge is -2.18. The third-order valence-electron chi connectivity index (χ3n) is 2.75. The molecule has 1 atom stereocenters. The monoisotopic (exact) mass is 261 g/mol. The summed E-state index contributed by atoms with van der Waals surface area (Å²) in [5.41, 5.74) is 6.62. The SMILES string of the molecule is COc1cccc(C(CN)Oc2cccc(F)c2)c1. The molecule has 4 heteroatoms. The molecule has 2 rings (SSSR count). The van der Waals surface area contributed by atoms with Crippen molar-refractivity contribution in [2.75, 3.05) is 13.7 Å². The average molecular weight is 261 g/mol. The number of rotatable bonds is 5. The van der Waals surface area contributed by atoms with E-state index in [1.807, 2.05) is 24.3 Å². The predicted octanol–water partition coefficient (Wildman–Crippen LogP) is 2.91. The molecule has 19 heavy (non-hydrogen) atoms. The molecule has 0 aliphatic heterocycles. The Labute approximate surface area is 111 Å². The quantitative estimate of drug-likeness (QED) is 0.900. The zero-order valence-corrected chi connectivity index (χ0v) is 10.7. The molecule has 2 N–H and O–H groups in total. The van der Waals surface area contributed by atoms with E-state index >= 15 is 0 Å². The van der Waals surface area contributed by atoms with Gasteiger partial charge in [0.05, 0.1) is 7.11 Å². The van der Waals surface area contributed by atoms with Crippen LogP contribution in [0.5, 0.6) is 11.5 Å². The van der Waals surface area contributed by atoms with Crippen molar-refractivity contribution in [3.8, 4) is 11.5 Å². The summed E-state index contributed by atoms with van der Waals surface area (Å²) in [6.45, 7) is 0.295. The molecule has 0 saturated carbocycles. The second-order valence-electron chi connectivity index (χ2n) is 4.08. The molecule has 0 saturated heterocycles. The van der Waals surface area contributed by atoms with E-state index in [0.717, 1.165) is 11.3 Å². The van der Waals surface area contributed by atoms with Gasteiger partial charge in [0.2, 0.25) is 0 Å². The zero-order valence-electron chi connectivity index (χ0n) is 10.7. The first-order valence-corrected chi connectivity index (χ1v) is 5.99. The van der Waals surface area contributed by atoms with E-state index in [2.05, 4.69) is 0 Å². The highest BCUT2D eigenvalue weighted by molar-refractivity contribution is 5.31. The van der Waals surface area contributed by atoms with Gasteiger partial charge in [-0.1, -0.05) is 18.2 Å². The molecule has 0 fully saturated rings. The van der Waals surface area contributed by atoms with E-state index in [1.54, 1.807) is 19.2 Å². The predicted molar refractivity (Wildman–Crippen MR) is 71.8 cm³/mol. The maximum atomic E-state index is 13.1. The average Bonchev–Trinajstić information content (AvgIpc) is 2.45. The van der Waals surface area contributed by atoms with Crippen molar-refractivity contribution in [2.45, 2.75) is 6.10 Å². The van der Waals surface area contributed by atoms with Gasteiger partial charge in [-0.3, -0.25) is 0 Å². The molecule has 0 radical (unpaired) electrons. The maximum Gasteiger partial charge on any atom is 0.136 e. The fourth-order valence-electron chi connectivity index (χ4n) is 1.80. The van der Waals surface area contributed by atoms with Crippen LogP contribution in [-0.2, 0) is 0 Å². The Morgan fingerprint density at radius 3 is 2.53 bits per heavy atom. The van der Waals surface area contributed by atoms with Gasteiger partial charge in [0.1, 0.15) is 23.4 Å². The Morgan fingerprint density at radius 2 is 1.84 bits per heavy atom. The Morgan fingerprint density at radius 1 is 1.11 bits per heavy atom. The summed E-state index contributed by atoms with van der Waals surface area (Å²) in [6.07, 6.45) is -0.336. The molecule has 1 unspecified atom stereocenters. The second kappa shape index (κ2) is 6.20. The minimum Gasteiger partial charge on any atom is -0.497 e. The molecule has 2 aromatic rings. The van der Waals surface area contributed by atoms with E-state index in [4.69, 9.17) is 15.2 Å². The van der Waals surface area contributed by atoms with Crippen LogP contribution in [0, 0.1) is 5.82 Å². The summed E-state index contributed by atoms with van der Waals surface area (Å²) in [5.74, 6) is 0.857. The number of methoxy groups -OCH3 is 1. The first-order valence-electron chi connectivity index (χ1n) is 5.99. The van der Waals surface area contributed by atoms with Crippen LogP contribution in [0.2, 0.25) is 0 Å². The van der Waals surface area contributed by atoms with Crippen molar-refractivity contribution >= 4 is 0 Å². The Kier molecular flexibility index (Phi) is 4.36. The fourth-order valence-corrected chi connectivity index (χ4v) is 1.80. The molecule has 0 aromatic heterocycles. The van der Waals surface area contributed by atoms with Crippen molar-refractivity contribution in [1.29, 1.82) is 0 Å². The van der Waals surface area contributed by atoms with Crippen molar-refractivity contribution in [3.63, 3.8) is 0 Å². The molecule has 0 aliphatic rings. The standard InChI is InChI=1S/C15H16FNO2/c1-18-13-6-2-4-11(8-13)15(10-17)19-14-7-3-5-12(16)9-14/h2-9,15H,10,17H2,1H3. The lowest BCUT2D eigenvalue weighted by molar-refractivity contribution is 0.213. The smallest absolute Gasteiger partial charge is 0.136 e. The molecule has 0 spiro atoms. The third-order valence-corrected chi connectivity index (χ3v) is 2.75. The molecule has 0 aliphatic carbocycles. The first-order chi connectivity index (χ1) is 9.22. The van der Waals surface area contributed by atoms with Crippen LogP contribution in [0.3, 0.4) is 0 Å². The first kappa shape index (κ1) is 13.4. The summed E-state index contributed by atoms with van der Waals surface area (Å²) in [5, 5.41) is 0. The lowest BCUT2D eigenvalue weighted by Crippen LogP contribution is -2.18. The minimum atomic E-state index is -0.336. The van der Waals surface area contributed by atoms with Crippen LogP contribution >= 0.6 is 0 Å². The highest BCUT2D eigenvalue weighted by Gasteiger charge is 2.12. The largest absolute Gasteiger partial charge is 0.497 e. The van der Waals surface area contributed by atoms with E-state index < -0.39 is 0 Å². The lowest BCUT2D eigenvalue weighted by atomic mass is 10.1. The van der Waals surface area contributed by atoms with Gasteiger partial charge in [0.25, 0.3) is 0 Å². The van der Waals surface area contributed by atoms with Gasteiger partial charge < -0.3 is 15.2 Å². The number of nitrogens with two attached hydrogens (primary N) is 1. The van der Waals surface area contributed by atoms with Crippen molar-refractivity contribution < 1.29 is 13.9 Å². The Bertz CT molecular complexity index is 545. The van der Waals surface area contributed by atoms with Gasteiger partial charge in [-0.2, -0.15) is 0 Å². The molecular formula is C15H16FNO2. The minimum absolute atomic E-state index is 0.295. The molecule has 100 valence electrons. The fraction of sp³-hybridized carbons (Fsp3) is 0.200. The van der Waals surface area contributed by atoms with Crippen LogP contribution in [0.15, 0.2) is 48.5 Å². The summed E-state index contributed by atoms with van der Waals surface area (Å²) in [6, 6.07) is 13.5. The van der Waals surface area contributed by atoms with E-state index in [1.165, 1.54) is 12.1 Å². The van der Waals surface area contributed by atoms with Crippen molar-refractivity contribution in [3.05, 3.63) is 59.9 Å². The molecule has 0 heterocycles. The summed E-state index contributed by atoms with van der Waals surface area (Å²) in [7, 11) is 1.60. The normalized spacial score (nSPS) is 11.9. The van der Waals surface area contributed by atoms with Gasteiger partial charge in [0.15, 0.2) is 0 Å². The number of hydrogen-bond acceptors (Lipinski definition) is 3. The summed E-state index contributed by atoms with van der Waals surface area (Å²) < 4.78 is 24.0. The van der Waals surface area contributed by atoms with Crippen molar-refractivity contribution in [1.82, 2.24) is 0 Å². The number of benzene rings is 2. The number of hydrogen-bond donors (Lipinski definition) is 1. The zero-order chi connectivity index (χ0) is 13.7. The Hall–Kier alpha value is -2.07. The third kappa shape index (κ3) is 3.45. The van der Waals surface area contributed by atoms with Gasteiger partial charge in [-0.25, -0.2) is 4.39 Å². The van der Waals surface area contributed by atoms with Gasteiger partial charge in [0, 0.05) is 12.6 Å². The molecular weight excluding hydrogens is 245 g/mol. The second-order valence-corrected chi connectivity index (χ2v) is 4.08. The van der Waals surface area contributed by atoms with Gasteiger partial charge in [-0.05, 0) is 29.8 Å². The summed E-state index contributed by atoms with van der Waals surface area (Å²) >= 11 is 0. The molecule has 2 aromatic carbocycles. The molecule has 0 amide bonds. The topological polar surface area (TPSA) is 44.5 Å². The van der Waals surface area contributed by atoms with Crippen LogP contribution in [0.25, 0.3) is 0 Å². The van der Waals surface area contributed by atoms with Crippen LogP contribution in [0.1, 0.15) is 11.7 Å². The van der Waals surface area contributed by atoms with Gasteiger partial charge >= 0.3 is 0 Å². The number of halogens is 1. The molecule has 0 bridgehead atoms. The molecule has 3 nitrogen and oxygen atoms in total. The summed E-state index contributed by atoms with van der Waals surface area (Å²) in [4.78, 5) is 0.